The molecule has 0 saturated carbocycles. The zero-order chi connectivity index (χ0) is 18.5. The number of carbonyl (C=O) groups is 1. The Morgan fingerprint density at radius 3 is 2.81 bits per heavy atom. The van der Waals surface area contributed by atoms with E-state index in [0.29, 0.717) is 22.2 Å². The number of rotatable bonds is 6. The maximum atomic E-state index is 12.3. The van der Waals surface area contributed by atoms with E-state index in [2.05, 4.69) is 10.3 Å². The summed E-state index contributed by atoms with van der Waals surface area (Å²) in [7, 11) is 3.17. The summed E-state index contributed by atoms with van der Waals surface area (Å²) >= 11 is 7.47. The summed E-state index contributed by atoms with van der Waals surface area (Å²) in [6, 6.07) is 12.7. The first-order valence-corrected chi connectivity index (χ1v) is 9.07. The molecule has 2 aromatic carbocycles. The predicted octanol–water partition coefficient (Wildman–Crippen LogP) is 4.66. The Bertz CT molecular complexity index is 927. The van der Waals surface area contributed by atoms with Crippen LogP contribution in [-0.4, -0.2) is 25.1 Å². The van der Waals surface area contributed by atoms with Crippen LogP contribution in [-0.2, 0) is 11.2 Å². The second-order valence-electron chi connectivity index (χ2n) is 5.45. The second kappa shape index (κ2) is 8.21. The SMILES string of the molecule is COc1cccc(-c2nc(CC(=O)Nc3cc(Cl)ccc3OC)cs2)c1. The molecule has 1 aromatic heterocycles. The van der Waals surface area contributed by atoms with Gasteiger partial charge in [0.1, 0.15) is 16.5 Å². The van der Waals surface area contributed by atoms with Gasteiger partial charge in [0.15, 0.2) is 0 Å². The number of amides is 1. The average Bonchev–Trinajstić information content (AvgIpc) is 3.10. The average molecular weight is 389 g/mol. The van der Waals surface area contributed by atoms with Gasteiger partial charge in [0.2, 0.25) is 5.91 Å². The maximum absolute atomic E-state index is 12.3. The largest absolute Gasteiger partial charge is 0.497 e. The van der Waals surface area contributed by atoms with Gasteiger partial charge in [-0.25, -0.2) is 4.98 Å². The fraction of sp³-hybridized carbons (Fsp3) is 0.158. The van der Waals surface area contributed by atoms with Crippen molar-refractivity contribution in [3.05, 3.63) is 58.6 Å². The van der Waals surface area contributed by atoms with Crippen molar-refractivity contribution >= 4 is 34.5 Å². The summed E-state index contributed by atoms with van der Waals surface area (Å²) in [4.78, 5) is 16.9. The topological polar surface area (TPSA) is 60.5 Å². The van der Waals surface area contributed by atoms with Crippen LogP contribution in [0.2, 0.25) is 5.02 Å². The summed E-state index contributed by atoms with van der Waals surface area (Å²) in [5.74, 6) is 1.14. The maximum Gasteiger partial charge on any atom is 0.230 e. The number of anilines is 1. The van der Waals surface area contributed by atoms with Crippen LogP contribution in [0.5, 0.6) is 11.5 Å². The van der Waals surface area contributed by atoms with E-state index in [9.17, 15) is 4.79 Å². The standard InChI is InChI=1S/C19H17ClN2O3S/c1-24-15-5-3-4-12(8-15)19-21-14(11-26-19)10-18(23)22-16-9-13(20)6-7-17(16)25-2/h3-9,11H,10H2,1-2H3,(H,22,23). The van der Waals surface area contributed by atoms with Crippen molar-refractivity contribution in [3.8, 4) is 22.1 Å². The van der Waals surface area contributed by atoms with Crippen molar-refractivity contribution in [1.29, 1.82) is 0 Å². The minimum absolute atomic E-state index is 0.163. The van der Waals surface area contributed by atoms with Gasteiger partial charge in [-0.05, 0) is 30.3 Å². The summed E-state index contributed by atoms with van der Waals surface area (Å²) in [6.07, 6.45) is 0.163. The van der Waals surface area contributed by atoms with Crippen molar-refractivity contribution in [2.45, 2.75) is 6.42 Å². The van der Waals surface area contributed by atoms with Gasteiger partial charge in [-0.2, -0.15) is 0 Å². The molecule has 1 heterocycles. The Balaban J connectivity index is 1.71. The van der Waals surface area contributed by atoms with E-state index >= 15 is 0 Å². The number of carbonyl (C=O) groups excluding carboxylic acids is 1. The third-order valence-electron chi connectivity index (χ3n) is 3.65. The Hall–Kier alpha value is -2.57. The van der Waals surface area contributed by atoms with E-state index in [1.165, 1.54) is 11.3 Å². The van der Waals surface area contributed by atoms with Crippen molar-refractivity contribution in [2.24, 2.45) is 0 Å². The van der Waals surface area contributed by atoms with Crippen LogP contribution in [0.15, 0.2) is 47.8 Å². The third kappa shape index (κ3) is 4.33. The van der Waals surface area contributed by atoms with Gasteiger partial charge >= 0.3 is 0 Å². The van der Waals surface area contributed by atoms with E-state index < -0.39 is 0 Å². The van der Waals surface area contributed by atoms with E-state index in [0.717, 1.165) is 16.3 Å². The third-order valence-corrected chi connectivity index (χ3v) is 4.82. The van der Waals surface area contributed by atoms with Crippen LogP contribution in [0, 0.1) is 0 Å². The molecule has 1 N–H and O–H groups in total. The lowest BCUT2D eigenvalue weighted by Gasteiger charge is -2.10. The number of hydrogen-bond donors (Lipinski definition) is 1. The van der Waals surface area contributed by atoms with E-state index in [-0.39, 0.29) is 12.3 Å². The minimum Gasteiger partial charge on any atom is -0.497 e. The molecule has 0 aliphatic carbocycles. The van der Waals surface area contributed by atoms with Gasteiger partial charge in [0.05, 0.1) is 32.0 Å². The van der Waals surface area contributed by atoms with E-state index in [4.69, 9.17) is 21.1 Å². The molecule has 0 radical (unpaired) electrons. The highest BCUT2D eigenvalue weighted by molar-refractivity contribution is 7.13. The van der Waals surface area contributed by atoms with Gasteiger partial charge < -0.3 is 14.8 Å². The molecule has 0 aliphatic rings. The summed E-state index contributed by atoms with van der Waals surface area (Å²) < 4.78 is 10.5. The highest BCUT2D eigenvalue weighted by Gasteiger charge is 2.12. The molecule has 5 nitrogen and oxygen atoms in total. The van der Waals surface area contributed by atoms with Crippen molar-refractivity contribution in [2.75, 3.05) is 19.5 Å². The molecule has 0 unspecified atom stereocenters. The first kappa shape index (κ1) is 18.2. The molecule has 0 atom stereocenters. The lowest BCUT2D eigenvalue weighted by Crippen LogP contribution is -2.15. The fourth-order valence-corrected chi connectivity index (χ4v) is 3.40. The molecule has 0 saturated heterocycles. The van der Waals surface area contributed by atoms with Gasteiger partial charge in [0, 0.05) is 16.0 Å². The van der Waals surface area contributed by atoms with Gasteiger partial charge in [-0.3, -0.25) is 4.79 Å². The highest BCUT2D eigenvalue weighted by Crippen LogP contribution is 2.29. The molecule has 134 valence electrons. The lowest BCUT2D eigenvalue weighted by atomic mass is 10.2. The molecule has 7 heteroatoms. The van der Waals surface area contributed by atoms with Crippen LogP contribution in [0.1, 0.15) is 5.69 Å². The molecule has 3 aromatic rings. The number of benzene rings is 2. The molecule has 0 spiro atoms. The Kier molecular flexibility index (Phi) is 5.75. The second-order valence-corrected chi connectivity index (χ2v) is 6.74. The molecule has 26 heavy (non-hydrogen) atoms. The molecule has 0 aliphatic heterocycles. The highest BCUT2D eigenvalue weighted by atomic mass is 35.5. The molecule has 0 fully saturated rings. The summed E-state index contributed by atoms with van der Waals surface area (Å²) in [5.41, 5.74) is 2.19. The Morgan fingerprint density at radius 2 is 2.04 bits per heavy atom. The fourth-order valence-electron chi connectivity index (χ4n) is 2.41. The normalized spacial score (nSPS) is 10.4. The Morgan fingerprint density at radius 1 is 1.19 bits per heavy atom. The van der Waals surface area contributed by atoms with E-state index in [1.807, 2.05) is 29.6 Å². The van der Waals surface area contributed by atoms with Crippen LogP contribution in [0.3, 0.4) is 0 Å². The zero-order valence-electron chi connectivity index (χ0n) is 14.3. The van der Waals surface area contributed by atoms with Crippen molar-refractivity contribution in [3.63, 3.8) is 0 Å². The van der Waals surface area contributed by atoms with Crippen molar-refractivity contribution < 1.29 is 14.3 Å². The van der Waals surface area contributed by atoms with Gasteiger partial charge in [-0.1, -0.05) is 23.7 Å². The predicted molar refractivity (Wildman–Crippen MR) is 104 cm³/mol. The van der Waals surface area contributed by atoms with Gasteiger partial charge in [-0.15, -0.1) is 11.3 Å². The zero-order valence-corrected chi connectivity index (χ0v) is 15.9. The quantitative estimate of drug-likeness (QED) is 0.667. The molecular weight excluding hydrogens is 372 g/mol. The first-order valence-electron chi connectivity index (χ1n) is 7.81. The number of halogens is 1. The lowest BCUT2D eigenvalue weighted by molar-refractivity contribution is -0.115. The molecular formula is C19H17ClN2O3S. The van der Waals surface area contributed by atoms with Crippen LogP contribution >= 0.6 is 22.9 Å². The van der Waals surface area contributed by atoms with Gasteiger partial charge in [0.25, 0.3) is 0 Å². The van der Waals surface area contributed by atoms with Crippen LogP contribution in [0.4, 0.5) is 5.69 Å². The number of aromatic nitrogens is 1. The number of thiazole rings is 1. The number of methoxy groups -OCH3 is 2. The van der Waals surface area contributed by atoms with Crippen LogP contribution < -0.4 is 14.8 Å². The van der Waals surface area contributed by atoms with Crippen molar-refractivity contribution in [1.82, 2.24) is 4.98 Å². The molecule has 1 amide bonds. The number of nitrogens with zero attached hydrogens (tertiary/aromatic N) is 1. The summed E-state index contributed by atoms with van der Waals surface area (Å²) in [6.45, 7) is 0. The first-order chi connectivity index (χ1) is 12.6. The Labute approximate surface area is 160 Å². The molecule has 0 bridgehead atoms. The minimum atomic E-state index is -0.187. The number of hydrogen-bond acceptors (Lipinski definition) is 5. The monoisotopic (exact) mass is 388 g/mol. The smallest absolute Gasteiger partial charge is 0.230 e. The number of ether oxygens (including phenoxy) is 2. The summed E-state index contributed by atoms with van der Waals surface area (Å²) in [5, 5.41) is 6.06. The number of nitrogens with one attached hydrogen (secondary N) is 1. The molecule has 3 rings (SSSR count). The van der Waals surface area contributed by atoms with Crippen LogP contribution in [0.25, 0.3) is 10.6 Å². The van der Waals surface area contributed by atoms with E-state index in [1.54, 1.807) is 32.4 Å².